The van der Waals surface area contributed by atoms with Gasteiger partial charge in [-0.2, -0.15) is 4.98 Å². The molecule has 0 spiro atoms. The Morgan fingerprint density at radius 1 is 0.968 bits per heavy atom. The Bertz CT molecular complexity index is 1130. The summed E-state index contributed by atoms with van der Waals surface area (Å²) in [7, 11) is 1.62. The molecule has 2 aromatic carbocycles. The number of ether oxygens (including phenoxy) is 1. The lowest BCUT2D eigenvalue weighted by Gasteiger charge is -2.06. The zero-order valence-electron chi connectivity index (χ0n) is 17.8. The van der Waals surface area contributed by atoms with Crippen molar-refractivity contribution in [3.63, 3.8) is 0 Å². The molecule has 158 valence electrons. The topological polar surface area (TPSA) is 73.9 Å². The van der Waals surface area contributed by atoms with Crippen molar-refractivity contribution in [3.8, 4) is 28.4 Å². The van der Waals surface area contributed by atoms with Crippen LogP contribution in [-0.2, 0) is 12.2 Å². The Balaban J connectivity index is 1.38. The smallest absolute Gasteiger partial charge is 0.237 e. The summed E-state index contributed by atoms with van der Waals surface area (Å²) in [4.78, 5) is 4.47. The van der Waals surface area contributed by atoms with Crippen molar-refractivity contribution in [3.05, 3.63) is 72.1 Å². The van der Waals surface area contributed by atoms with Gasteiger partial charge in [0.2, 0.25) is 11.7 Å². The first kappa shape index (κ1) is 21.1. The first-order chi connectivity index (χ1) is 15.1. The highest BCUT2D eigenvalue weighted by Crippen LogP contribution is 2.28. The fraction of sp³-hybridized carbons (Fsp3) is 0.250. The third-order valence-corrected chi connectivity index (χ3v) is 5.60. The molecule has 0 bridgehead atoms. The molecule has 31 heavy (non-hydrogen) atoms. The molecular formula is C24H24N4O2S. The molecule has 0 N–H and O–H groups in total. The summed E-state index contributed by atoms with van der Waals surface area (Å²) in [5.74, 6) is 2.90. The van der Waals surface area contributed by atoms with Crippen molar-refractivity contribution < 1.29 is 9.26 Å². The molecule has 0 saturated heterocycles. The number of aromatic nitrogens is 4. The van der Waals surface area contributed by atoms with E-state index < -0.39 is 0 Å². The first-order valence-electron chi connectivity index (χ1n) is 10.1. The molecule has 4 rings (SSSR count). The molecule has 0 fully saturated rings. The quantitative estimate of drug-likeness (QED) is 0.331. The largest absolute Gasteiger partial charge is 0.496 e. The number of rotatable bonds is 8. The lowest BCUT2D eigenvalue weighted by molar-refractivity contribution is 0.390. The molecule has 0 saturated carbocycles. The van der Waals surface area contributed by atoms with Crippen molar-refractivity contribution in [1.29, 1.82) is 0 Å². The molecule has 0 unspecified atom stereocenters. The summed E-state index contributed by atoms with van der Waals surface area (Å²) < 4.78 is 10.8. The zero-order valence-corrected chi connectivity index (χ0v) is 18.6. The zero-order chi connectivity index (χ0) is 21.6. The van der Waals surface area contributed by atoms with E-state index in [0.29, 0.717) is 29.1 Å². The average molecular weight is 433 g/mol. The second kappa shape index (κ2) is 9.75. The fourth-order valence-corrected chi connectivity index (χ4v) is 3.87. The van der Waals surface area contributed by atoms with Crippen LogP contribution in [0.5, 0.6) is 5.75 Å². The summed E-state index contributed by atoms with van der Waals surface area (Å²) in [6.07, 6.45) is 1.08. The summed E-state index contributed by atoms with van der Waals surface area (Å²) >= 11 is 1.50. The van der Waals surface area contributed by atoms with Crippen LogP contribution in [0.1, 0.15) is 25.3 Å². The lowest BCUT2D eigenvalue weighted by Crippen LogP contribution is -1.94. The Hall–Kier alpha value is -3.19. The molecule has 2 heterocycles. The van der Waals surface area contributed by atoms with Crippen molar-refractivity contribution >= 4 is 11.8 Å². The van der Waals surface area contributed by atoms with E-state index in [9.17, 15) is 0 Å². The second-order valence-electron chi connectivity index (χ2n) is 7.55. The number of hydrogen-bond donors (Lipinski definition) is 0. The van der Waals surface area contributed by atoms with Gasteiger partial charge in [0, 0.05) is 5.56 Å². The van der Waals surface area contributed by atoms with Crippen LogP contribution in [0.15, 0.2) is 70.2 Å². The molecular weight excluding hydrogens is 408 g/mol. The highest BCUT2D eigenvalue weighted by Gasteiger charge is 2.13. The van der Waals surface area contributed by atoms with Gasteiger partial charge in [-0.3, -0.25) is 0 Å². The van der Waals surface area contributed by atoms with E-state index in [4.69, 9.17) is 9.26 Å². The third-order valence-electron chi connectivity index (χ3n) is 4.69. The Morgan fingerprint density at radius 2 is 1.77 bits per heavy atom. The molecule has 6 nitrogen and oxygen atoms in total. The van der Waals surface area contributed by atoms with Gasteiger partial charge in [0.15, 0.2) is 0 Å². The van der Waals surface area contributed by atoms with Crippen molar-refractivity contribution in [1.82, 2.24) is 20.3 Å². The van der Waals surface area contributed by atoms with Crippen molar-refractivity contribution in [2.24, 2.45) is 5.92 Å². The maximum atomic E-state index is 5.39. The van der Waals surface area contributed by atoms with Crippen LogP contribution in [0, 0.1) is 5.92 Å². The third kappa shape index (κ3) is 5.30. The fourth-order valence-electron chi connectivity index (χ4n) is 3.22. The summed E-state index contributed by atoms with van der Waals surface area (Å²) in [5, 5.41) is 13.6. The van der Waals surface area contributed by atoms with E-state index in [0.717, 1.165) is 28.3 Å². The van der Waals surface area contributed by atoms with Gasteiger partial charge < -0.3 is 9.26 Å². The molecule has 0 aliphatic carbocycles. The normalized spacial score (nSPS) is 11.1. The van der Waals surface area contributed by atoms with Crippen LogP contribution < -0.4 is 4.74 Å². The maximum absolute atomic E-state index is 5.39. The van der Waals surface area contributed by atoms with Gasteiger partial charge >= 0.3 is 0 Å². The maximum Gasteiger partial charge on any atom is 0.237 e. The Morgan fingerprint density at radius 3 is 2.48 bits per heavy atom. The van der Waals surface area contributed by atoms with E-state index in [1.54, 1.807) is 7.11 Å². The number of benzene rings is 2. The molecule has 2 aromatic heterocycles. The minimum absolute atomic E-state index is 0.510. The van der Waals surface area contributed by atoms with Gasteiger partial charge in [-0.25, -0.2) is 0 Å². The summed E-state index contributed by atoms with van der Waals surface area (Å²) in [6, 6.07) is 20.1. The molecule has 7 heteroatoms. The molecule has 0 aliphatic rings. The van der Waals surface area contributed by atoms with Gasteiger partial charge in [-0.1, -0.05) is 67.2 Å². The number of hydrogen-bond acceptors (Lipinski definition) is 7. The Labute approximate surface area is 186 Å². The van der Waals surface area contributed by atoms with Crippen LogP contribution in [-0.4, -0.2) is 27.4 Å². The number of nitrogens with zero attached hydrogens (tertiary/aromatic N) is 4. The van der Waals surface area contributed by atoms with Gasteiger partial charge in [-0.15, -0.1) is 10.2 Å². The summed E-state index contributed by atoms with van der Waals surface area (Å²) in [5.41, 5.74) is 4.06. The monoisotopic (exact) mass is 432 g/mol. The molecule has 4 aromatic rings. The minimum Gasteiger partial charge on any atom is -0.496 e. The van der Waals surface area contributed by atoms with Gasteiger partial charge in [0.1, 0.15) is 10.8 Å². The standard InChI is InChI=1S/C24H24N4O2S/c1-16(2)14-17-8-10-18(11-9-17)20-12-13-23(27-26-20)31-15-22-25-24(28-30-22)19-6-4-5-7-21(19)29-3/h4-13,16H,14-15H2,1-3H3. The molecule has 0 aliphatic heterocycles. The van der Waals surface area contributed by atoms with Crippen LogP contribution in [0.3, 0.4) is 0 Å². The van der Waals surface area contributed by atoms with Gasteiger partial charge in [-0.05, 0) is 42.2 Å². The van der Waals surface area contributed by atoms with E-state index in [-0.39, 0.29) is 0 Å². The highest BCUT2D eigenvalue weighted by atomic mass is 32.2. The summed E-state index contributed by atoms with van der Waals surface area (Å²) in [6.45, 7) is 4.45. The van der Waals surface area contributed by atoms with E-state index >= 15 is 0 Å². The number of methoxy groups -OCH3 is 1. The second-order valence-corrected chi connectivity index (χ2v) is 8.55. The highest BCUT2D eigenvalue weighted by molar-refractivity contribution is 7.98. The van der Waals surface area contributed by atoms with E-state index in [2.05, 4.69) is 58.5 Å². The van der Waals surface area contributed by atoms with Crippen LogP contribution in [0.25, 0.3) is 22.6 Å². The molecule has 0 atom stereocenters. The predicted molar refractivity (Wildman–Crippen MR) is 122 cm³/mol. The van der Waals surface area contributed by atoms with Gasteiger partial charge in [0.25, 0.3) is 0 Å². The van der Waals surface area contributed by atoms with Gasteiger partial charge in [0.05, 0.1) is 24.1 Å². The van der Waals surface area contributed by atoms with Crippen LogP contribution in [0.4, 0.5) is 0 Å². The average Bonchev–Trinajstić information content (AvgIpc) is 3.27. The van der Waals surface area contributed by atoms with E-state index in [1.165, 1.54) is 17.3 Å². The first-order valence-corrected chi connectivity index (χ1v) is 11.1. The predicted octanol–water partition coefficient (Wildman–Crippen LogP) is 5.69. The number of thioether (sulfide) groups is 1. The Kier molecular flexibility index (Phi) is 6.62. The SMILES string of the molecule is COc1ccccc1-c1noc(CSc2ccc(-c3ccc(CC(C)C)cc3)nn2)n1. The van der Waals surface area contributed by atoms with Crippen molar-refractivity contribution in [2.45, 2.75) is 31.0 Å². The number of para-hydroxylation sites is 1. The molecule has 0 radical (unpaired) electrons. The van der Waals surface area contributed by atoms with Crippen molar-refractivity contribution in [2.75, 3.05) is 7.11 Å². The molecule has 0 amide bonds. The lowest BCUT2D eigenvalue weighted by atomic mass is 10.0. The van der Waals surface area contributed by atoms with Crippen LogP contribution in [0.2, 0.25) is 0 Å². The van der Waals surface area contributed by atoms with Crippen LogP contribution >= 0.6 is 11.8 Å². The minimum atomic E-state index is 0.510. The van der Waals surface area contributed by atoms with E-state index in [1.807, 2.05) is 36.4 Å².